The van der Waals surface area contributed by atoms with Gasteiger partial charge in [-0.05, 0) is 19.8 Å². The highest BCUT2D eigenvalue weighted by atomic mass is 16.5. The van der Waals surface area contributed by atoms with Gasteiger partial charge in [0.15, 0.2) is 5.60 Å². The van der Waals surface area contributed by atoms with Gasteiger partial charge in [0.25, 0.3) is 0 Å². The maximum Gasteiger partial charge on any atom is 0.335 e. The van der Waals surface area contributed by atoms with Crippen molar-refractivity contribution in [2.45, 2.75) is 71.3 Å². The monoisotopic (exact) mass is 230 g/mol. The van der Waals surface area contributed by atoms with Crippen molar-refractivity contribution < 1.29 is 14.6 Å². The molecule has 0 radical (unpaired) electrons. The number of carbonyl (C=O) groups is 1. The van der Waals surface area contributed by atoms with E-state index in [1.807, 2.05) is 6.92 Å². The van der Waals surface area contributed by atoms with Crippen molar-refractivity contribution in [3.63, 3.8) is 0 Å². The summed E-state index contributed by atoms with van der Waals surface area (Å²) in [6.45, 7) is 6.39. The Bertz CT molecular complexity index is 192. The summed E-state index contributed by atoms with van der Waals surface area (Å²) in [4.78, 5) is 11.1. The van der Waals surface area contributed by atoms with E-state index in [0.717, 1.165) is 19.3 Å². The maximum atomic E-state index is 11.1. The average molecular weight is 230 g/mol. The quantitative estimate of drug-likeness (QED) is 0.583. The van der Waals surface area contributed by atoms with Crippen LogP contribution in [-0.4, -0.2) is 23.3 Å². The number of carboxylic acids is 1. The van der Waals surface area contributed by atoms with E-state index in [1.165, 1.54) is 19.3 Å². The highest BCUT2D eigenvalue weighted by Crippen LogP contribution is 2.18. The van der Waals surface area contributed by atoms with Crippen LogP contribution in [0.4, 0.5) is 0 Å². The molecule has 0 fully saturated rings. The Morgan fingerprint density at radius 1 is 1.12 bits per heavy atom. The first kappa shape index (κ1) is 15.4. The minimum atomic E-state index is -0.987. The summed E-state index contributed by atoms with van der Waals surface area (Å²) in [6, 6.07) is 0. The van der Waals surface area contributed by atoms with Crippen LogP contribution in [-0.2, 0) is 9.53 Å². The zero-order chi connectivity index (χ0) is 12.4. The molecule has 1 atom stereocenters. The van der Waals surface area contributed by atoms with Crippen LogP contribution >= 0.6 is 0 Å². The Kier molecular flexibility index (Phi) is 8.26. The van der Waals surface area contributed by atoms with E-state index in [2.05, 4.69) is 6.92 Å². The number of rotatable bonds is 10. The second-order valence-corrected chi connectivity index (χ2v) is 4.55. The molecule has 0 aromatic carbocycles. The molecular weight excluding hydrogens is 204 g/mol. The standard InChI is InChI=1S/C13H26O3/c1-4-6-7-8-9-11-16-13(3,10-5-2)12(14)15/h4-11H2,1-3H3,(H,14,15). The lowest BCUT2D eigenvalue weighted by molar-refractivity contribution is -0.164. The second kappa shape index (κ2) is 8.57. The molecule has 3 heteroatoms. The molecule has 0 amide bonds. The topological polar surface area (TPSA) is 46.5 Å². The van der Waals surface area contributed by atoms with Crippen LogP contribution < -0.4 is 0 Å². The summed E-state index contributed by atoms with van der Waals surface area (Å²) in [5.74, 6) is -0.845. The van der Waals surface area contributed by atoms with Gasteiger partial charge in [-0.3, -0.25) is 0 Å². The van der Waals surface area contributed by atoms with Crippen LogP contribution in [0.5, 0.6) is 0 Å². The predicted molar refractivity (Wildman–Crippen MR) is 65.7 cm³/mol. The predicted octanol–water partition coefficient (Wildman–Crippen LogP) is 3.62. The van der Waals surface area contributed by atoms with E-state index in [-0.39, 0.29) is 0 Å². The third kappa shape index (κ3) is 6.11. The van der Waals surface area contributed by atoms with Gasteiger partial charge in [0, 0.05) is 6.61 Å². The van der Waals surface area contributed by atoms with E-state index >= 15 is 0 Å². The Labute approximate surface area is 99.2 Å². The van der Waals surface area contributed by atoms with Crippen molar-refractivity contribution in [1.82, 2.24) is 0 Å². The molecule has 0 aliphatic heterocycles. The van der Waals surface area contributed by atoms with Crippen molar-refractivity contribution in [2.24, 2.45) is 0 Å². The zero-order valence-electron chi connectivity index (χ0n) is 10.9. The third-order valence-corrected chi connectivity index (χ3v) is 2.85. The normalized spacial score (nSPS) is 14.7. The SMILES string of the molecule is CCCCCCCOC(C)(CCC)C(=O)O. The number of aliphatic carboxylic acids is 1. The van der Waals surface area contributed by atoms with Gasteiger partial charge in [0.05, 0.1) is 0 Å². The minimum absolute atomic E-state index is 0.562. The van der Waals surface area contributed by atoms with Crippen LogP contribution in [0.25, 0.3) is 0 Å². The fourth-order valence-corrected chi connectivity index (χ4v) is 1.72. The molecule has 0 saturated heterocycles. The van der Waals surface area contributed by atoms with Crippen LogP contribution in [0.15, 0.2) is 0 Å². The van der Waals surface area contributed by atoms with Crippen LogP contribution in [0.2, 0.25) is 0 Å². The van der Waals surface area contributed by atoms with Gasteiger partial charge in [0.1, 0.15) is 0 Å². The van der Waals surface area contributed by atoms with Gasteiger partial charge in [-0.2, -0.15) is 0 Å². The minimum Gasteiger partial charge on any atom is -0.479 e. The first-order valence-corrected chi connectivity index (χ1v) is 6.44. The third-order valence-electron chi connectivity index (χ3n) is 2.85. The summed E-state index contributed by atoms with van der Waals surface area (Å²) >= 11 is 0. The van der Waals surface area contributed by atoms with Crippen LogP contribution in [0.1, 0.15) is 65.7 Å². The number of carboxylic acid groups (broad SMARTS) is 1. The number of ether oxygens (including phenoxy) is 1. The van der Waals surface area contributed by atoms with Crippen molar-refractivity contribution in [2.75, 3.05) is 6.61 Å². The van der Waals surface area contributed by atoms with Gasteiger partial charge in [0.2, 0.25) is 0 Å². The summed E-state index contributed by atoms with van der Waals surface area (Å²) in [5, 5.41) is 9.08. The van der Waals surface area contributed by atoms with Gasteiger partial charge in [-0.25, -0.2) is 4.79 Å². The molecule has 0 rings (SSSR count). The average Bonchev–Trinajstić information content (AvgIpc) is 2.23. The number of hydrogen-bond donors (Lipinski definition) is 1. The molecule has 0 saturated carbocycles. The lowest BCUT2D eigenvalue weighted by Crippen LogP contribution is -2.38. The molecule has 3 nitrogen and oxygen atoms in total. The second-order valence-electron chi connectivity index (χ2n) is 4.55. The first-order valence-electron chi connectivity index (χ1n) is 6.44. The van der Waals surface area contributed by atoms with Gasteiger partial charge in [-0.1, -0.05) is 46.0 Å². The fraction of sp³-hybridized carbons (Fsp3) is 0.923. The highest BCUT2D eigenvalue weighted by molar-refractivity contribution is 5.76. The molecule has 0 bridgehead atoms. The maximum absolute atomic E-state index is 11.1. The molecule has 16 heavy (non-hydrogen) atoms. The summed E-state index contributed by atoms with van der Waals surface area (Å²) in [7, 11) is 0. The molecule has 0 aromatic heterocycles. The smallest absolute Gasteiger partial charge is 0.335 e. The van der Waals surface area contributed by atoms with Crippen molar-refractivity contribution in [3.05, 3.63) is 0 Å². The van der Waals surface area contributed by atoms with E-state index < -0.39 is 11.6 Å². The van der Waals surface area contributed by atoms with Crippen molar-refractivity contribution >= 4 is 5.97 Å². The number of hydrogen-bond acceptors (Lipinski definition) is 2. The van der Waals surface area contributed by atoms with Gasteiger partial charge in [-0.15, -0.1) is 0 Å². The molecule has 1 unspecified atom stereocenters. The number of unbranched alkanes of at least 4 members (excludes halogenated alkanes) is 4. The summed E-state index contributed by atoms with van der Waals surface area (Å²) in [6.07, 6.45) is 7.21. The summed E-state index contributed by atoms with van der Waals surface area (Å²) < 4.78 is 5.51. The van der Waals surface area contributed by atoms with E-state index in [1.54, 1.807) is 6.92 Å². The fourth-order valence-electron chi connectivity index (χ4n) is 1.72. The largest absolute Gasteiger partial charge is 0.479 e. The van der Waals surface area contributed by atoms with Crippen LogP contribution in [0.3, 0.4) is 0 Å². The molecule has 0 aliphatic carbocycles. The highest BCUT2D eigenvalue weighted by Gasteiger charge is 2.32. The Balaban J connectivity index is 3.73. The van der Waals surface area contributed by atoms with Crippen molar-refractivity contribution in [3.8, 4) is 0 Å². The molecular formula is C13H26O3. The van der Waals surface area contributed by atoms with Gasteiger partial charge >= 0.3 is 5.97 Å². The van der Waals surface area contributed by atoms with E-state index in [4.69, 9.17) is 9.84 Å². The van der Waals surface area contributed by atoms with Crippen molar-refractivity contribution in [1.29, 1.82) is 0 Å². The van der Waals surface area contributed by atoms with Gasteiger partial charge < -0.3 is 9.84 Å². The molecule has 96 valence electrons. The Morgan fingerprint density at radius 3 is 2.25 bits per heavy atom. The molecule has 0 spiro atoms. The lowest BCUT2D eigenvalue weighted by Gasteiger charge is -2.24. The molecule has 1 N–H and O–H groups in total. The molecule has 0 heterocycles. The van der Waals surface area contributed by atoms with Crippen LogP contribution in [0, 0.1) is 0 Å². The Morgan fingerprint density at radius 2 is 1.75 bits per heavy atom. The van der Waals surface area contributed by atoms with E-state index in [0.29, 0.717) is 13.0 Å². The first-order chi connectivity index (χ1) is 7.56. The Hall–Kier alpha value is -0.570. The lowest BCUT2D eigenvalue weighted by atomic mass is 10.0. The molecule has 0 aliphatic rings. The molecule has 0 aromatic rings. The van der Waals surface area contributed by atoms with E-state index in [9.17, 15) is 4.79 Å². The summed E-state index contributed by atoms with van der Waals surface area (Å²) in [5.41, 5.74) is -0.987. The zero-order valence-corrected chi connectivity index (χ0v) is 10.9.